The molecule has 0 fully saturated rings. The van der Waals surface area contributed by atoms with Crippen LogP contribution in [0.1, 0.15) is 12.0 Å². The van der Waals surface area contributed by atoms with E-state index in [1.54, 1.807) is 0 Å². The molecule has 68 valence electrons. The quantitative estimate of drug-likeness (QED) is 0.670. The molecule has 13 heavy (non-hydrogen) atoms. The normalized spacial score (nSPS) is 10.8. The fourth-order valence-electron chi connectivity index (χ4n) is 1.48. The molecule has 0 N–H and O–H groups in total. The standard InChI is InChI=1S/C11H11ClS/c12-7-3-4-9-8-13-11-6-2-1-5-10(9)11/h1-2,5-6,8H,3-4,7H2. The van der Waals surface area contributed by atoms with Crippen LogP contribution in [-0.4, -0.2) is 5.88 Å². The summed E-state index contributed by atoms with van der Waals surface area (Å²) in [6.45, 7) is 0. The molecule has 0 amide bonds. The lowest BCUT2D eigenvalue weighted by atomic mass is 10.1. The molecule has 0 saturated heterocycles. The summed E-state index contributed by atoms with van der Waals surface area (Å²) in [6.07, 6.45) is 2.18. The molecule has 2 heteroatoms. The highest BCUT2D eigenvalue weighted by Crippen LogP contribution is 2.26. The second kappa shape index (κ2) is 4.12. The molecular formula is C11H11ClS. The van der Waals surface area contributed by atoms with Crippen molar-refractivity contribution in [1.82, 2.24) is 0 Å². The third kappa shape index (κ3) is 1.87. The molecule has 0 radical (unpaired) electrons. The fraction of sp³-hybridized carbons (Fsp3) is 0.273. The van der Waals surface area contributed by atoms with Gasteiger partial charge in [-0.1, -0.05) is 18.2 Å². The van der Waals surface area contributed by atoms with Gasteiger partial charge < -0.3 is 0 Å². The average molecular weight is 211 g/mol. The topological polar surface area (TPSA) is 0 Å². The van der Waals surface area contributed by atoms with Gasteiger partial charge >= 0.3 is 0 Å². The maximum atomic E-state index is 5.67. The van der Waals surface area contributed by atoms with Gasteiger partial charge in [0.25, 0.3) is 0 Å². The van der Waals surface area contributed by atoms with E-state index in [4.69, 9.17) is 11.6 Å². The Balaban J connectivity index is 2.35. The number of fused-ring (bicyclic) bond motifs is 1. The highest BCUT2D eigenvalue weighted by Gasteiger charge is 2.01. The summed E-state index contributed by atoms with van der Waals surface area (Å²) in [5.41, 5.74) is 1.45. The first-order valence-corrected chi connectivity index (χ1v) is 5.84. The van der Waals surface area contributed by atoms with Crippen molar-refractivity contribution in [2.75, 3.05) is 5.88 Å². The fourth-order valence-corrected chi connectivity index (χ4v) is 2.61. The van der Waals surface area contributed by atoms with Gasteiger partial charge in [-0.3, -0.25) is 0 Å². The Labute approximate surface area is 87.2 Å². The van der Waals surface area contributed by atoms with Crippen LogP contribution >= 0.6 is 22.9 Å². The van der Waals surface area contributed by atoms with E-state index in [1.165, 1.54) is 15.6 Å². The minimum absolute atomic E-state index is 0.754. The van der Waals surface area contributed by atoms with Gasteiger partial charge in [0, 0.05) is 10.6 Å². The number of halogens is 1. The Bertz CT molecular complexity index is 392. The van der Waals surface area contributed by atoms with Gasteiger partial charge in [-0.05, 0) is 35.2 Å². The van der Waals surface area contributed by atoms with Crippen molar-refractivity contribution >= 4 is 33.0 Å². The van der Waals surface area contributed by atoms with E-state index in [9.17, 15) is 0 Å². The summed E-state index contributed by atoms with van der Waals surface area (Å²) >= 11 is 7.49. The van der Waals surface area contributed by atoms with Crippen LogP contribution < -0.4 is 0 Å². The zero-order valence-corrected chi connectivity index (χ0v) is 8.87. The van der Waals surface area contributed by atoms with Crippen molar-refractivity contribution < 1.29 is 0 Å². The Hall–Kier alpha value is -0.530. The number of alkyl halides is 1. The maximum absolute atomic E-state index is 5.67. The third-order valence-electron chi connectivity index (χ3n) is 2.14. The molecule has 1 aromatic heterocycles. The second-order valence-corrected chi connectivity index (χ2v) is 4.34. The van der Waals surface area contributed by atoms with E-state index in [2.05, 4.69) is 29.6 Å². The van der Waals surface area contributed by atoms with Gasteiger partial charge in [0.2, 0.25) is 0 Å². The maximum Gasteiger partial charge on any atom is 0.0345 e. The first kappa shape index (κ1) is 9.04. The van der Waals surface area contributed by atoms with E-state index >= 15 is 0 Å². The van der Waals surface area contributed by atoms with E-state index in [0.717, 1.165) is 18.7 Å². The summed E-state index contributed by atoms with van der Waals surface area (Å²) in [5.74, 6) is 0.754. The molecule has 0 atom stereocenters. The summed E-state index contributed by atoms with van der Waals surface area (Å²) in [6, 6.07) is 8.54. The molecule has 0 saturated carbocycles. The Kier molecular flexibility index (Phi) is 2.87. The van der Waals surface area contributed by atoms with Gasteiger partial charge in [-0.2, -0.15) is 0 Å². The van der Waals surface area contributed by atoms with E-state index in [0.29, 0.717) is 0 Å². The summed E-state index contributed by atoms with van der Waals surface area (Å²) in [5, 5.41) is 3.65. The molecular weight excluding hydrogens is 200 g/mol. The zero-order valence-electron chi connectivity index (χ0n) is 7.29. The van der Waals surface area contributed by atoms with Crippen molar-refractivity contribution in [3.05, 3.63) is 35.2 Å². The van der Waals surface area contributed by atoms with Gasteiger partial charge in [-0.25, -0.2) is 0 Å². The molecule has 0 unspecified atom stereocenters. The Morgan fingerprint density at radius 3 is 2.92 bits per heavy atom. The lowest BCUT2D eigenvalue weighted by Crippen LogP contribution is -1.83. The Morgan fingerprint density at radius 1 is 1.23 bits per heavy atom. The summed E-state index contributed by atoms with van der Waals surface area (Å²) < 4.78 is 1.38. The first-order valence-electron chi connectivity index (χ1n) is 4.43. The van der Waals surface area contributed by atoms with Crippen LogP contribution in [0.5, 0.6) is 0 Å². The van der Waals surface area contributed by atoms with Gasteiger partial charge in [0.15, 0.2) is 0 Å². The van der Waals surface area contributed by atoms with Crippen molar-refractivity contribution in [3.63, 3.8) is 0 Å². The molecule has 0 aliphatic rings. The molecule has 2 rings (SSSR count). The van der Waals surface area contributed by atoms with Crippen LogP contribution in [0.4, 0.5) is 0 Å². The van der Waals surface area contributed by atoms with Crippen molar-refractivity contribution in [2.24, 2.45) is 0 Å². The molecule has 0 aliphatic heterocycles. The van der Waals surface area contributed by atoms with Crippen molar-refractivity contribution in [3.8, 4) is 0 Å². The number of thiophene rings is 1. The van der Waals surface area contributed by atoms with Crippen LogP contribution in [0.3, 0.4) is 0 Å². The Morgan fingerprint density at radius 2 is 2.08 bits per heavy atom. The number of rotatable bonds is 3. The summed E-state index contributed by atoms with van der Waals surface area (Å²) in [4.78, 5) is 0. The molecule has 0 bridgehead atoms. The van der Waals surface area contributed by atoms with E-state index < -0.39 is 0 Å². The van der Waals surface area contributed by atoms with Crippen LogP contribution in [0, 0.1) is 0 Å². The molecule has 0 nitrogen and oxygen atoms in total. The van der Waals surface area contributed by atoms with Gasteiger partial charge in [0.1, 0.15) is 0 Å². The van der Waals surface area contributed by atoms with Crippen molar-refractivity contribution in [2.45, 2.75) is 12.8 Å². The number of hydrogen-bond acceptors (Lipinski definition) is 1. The predicted molar refractivity (Wildman–Crippen MR) is 60.9 cm³/mol. The van der Waals surface area contributed by atoms with Crippen LogP contribution in [0.2, 0.25) is 0 Å². The van der Waals surface area contributed by atoms with E-state index in [1.807, 2.05) is 11.3 Å². The van der Waals surface area contributed by atoms with E-state index in [-0.39, 0.29) is 0 Å². The smallest absolute Gasteiger partial charge is 0.0345 e. The lowest BCUT2D eigenvalue weighted by Gasteiger charge is -1.95. The minimum atomic E-state index is 0.754. The predicted octanol–water partition coefficient (Wildman–Crippen LogP) is 4.07. The molecule has 1 heterocycles. The second-order valence-electron chi connectivity index (χ2n) is 3.05. The SMILES string of the molecule is ClCCCc1csc2ccccc12. The summed E-state index contributed by atoms with van der Waals surface area (Å²) in [7, 11) is 0. The number of benzene rings is 1. The van der Waals surface area contributed by atoms with Gasteiger partial charge in [0.05, 0.1) is 0 Å². The number of hydrogen-bond donors (Lipinski definition) is 0. The van der Waals surface area contributed by atoms with Gasteiger partial charge in [-0.15, -0.1) is 22.9 Å². The molecule has 1 aromatic carbocycles. The highest BCUT2D eigenvalue weighted by molar-refractivity contribution is 7.17. The minimum Gasteiger partial charge on any atom is -0.144 e. The average Bonchev–Trinajstić information content (AvgIpc) is 2.58. The molecule has 0 aliphatic carbocycles. The molecule has 0 spiro atoms. The highest BCUT2D eigenvalue weighted by atomic mass is 35.5. The number of aryl methyl sites for hydroxylation is 1. The van der Waals surface area contributed by atoms with Crippen LogP contribution in [0.25, 0.3) is 10.1 Å². The monoisotopic (exact) mass is 210 g/mol. The third-order valence-corrected chi connectivity index (χ3v) is 3.42. The molecule has 2 aromatic rings. The van der Waals surface area contributed by atoms with Crippen LogP contribution in [-0.2, 0) is 6.42 Å². The van der Waals surface area contributed by atoms with Crippen LogP contribution in [0.15, 0.2) is 29.6 Å². The first-order chi connectivity index (χ1) is 6.42. The zero-order chi connectivity index (χ0) is 9.10. The lowest BCUT2D eigenvalue weighted by molar-refractivity contribution is 0.940. The largest absolute Gasteiger partial charge is 0.144 e. The van der Waals surface area contributed by atoms with Crippen molar-refractivity contribution in [1.29, 1.82) is 0 Å².